The van der Waals surface area contributed by atoms with Crippen molar-refractivity contribution >= 4 is 28.9 Å². The van der Waals surface area contributed by atoms with Gasteiger partial charge in [-0.15, -0.1) is 0 Å². The summed E-state index contributed by atoms with van der Waals surface area (Å²) in [7, 11) is 0. The van der Waals surface area contributed by atoms with Crippen LogP contribution in [-0.4, -0.2) is 23.5 Å². The minimum Gasteiger partial charge on any atom is -0.462 e. The summed E-state index contributed by atoms with van der Waals surface area (Å²) >= 11 is 0. The first kappa shape index (κ1) is 20.1. The SMILES string of the molecule is CCOC(=O)c1ccc(Nc2cncc(C(=O)Nc3ccc(C)cc3C)c2)cc1. The summed E-state index contributed by atoms with van der Waals surface area (Å²) in [4.78, 5) is 28.5. The number of hydrogen-bond donors (Lipinski definition) is 2. The zero-order chi connectivity index (χ0) is 20.8. The van der Waals surface area contributed by atoms with Crippen LogP contribution in [0.4, 0.5) is 17.1 Å². The minimum atomic E-state index is -0.356. The lowest BCUT2D eigenvalue weighted by atomic mass is 10.1. The van der Waals surface area contributed by atoms with Crippen molar-refractivity contribution in [2.75, 3.05) is 17.2 Å². The van der Waals surface area contributed by atoms with Crippen molar-refractivity contribution in [1.82, 2.24) is 4.98 Å². The fraction of sp³-hybridized carbons (Fsp3) is 0.174. The van der Waals surface area contributed by atoms with Crippen LogP contribution < -0.4 is 10.6 Å². The lowest BCUT2D eigenvalue weighted by molar-refractivity contribution is 0.0526. The summed E-state index contributed by atoms with van der Waals surface area (Å²) in [6, 6.07) is 14.5. The molecule has 0 saturated carbocycles. The Kier molecular flexibility index (Phi) is 6.24. The molecule has 0 unspecified atom stereocenters. The molecule has 0 aliphatic carbocycles. The summed E-state index contributed by atoms with van der Waals surface area (Å²) in [5.74, 6) is -0.587. The molecule has 6 heteroatoms. The van der Waals surface area contributed by atoms with E-state index in [1.807, 2.05) is 32.0 Å². The fourth-order valence-corrected chi connectivity index (χ4v) is 2.85. The predicted octanol–water partition coefficient (Wildman–Crippen LogP) is 4.87. The number of esters is 1. The number of nitrogens with one attached hydrogen (secondary N) is 2. The third-order valence-corrected chi connectivity index (χ3v) is 4.32. The molecular weight excluding hydrogens is 366 g/mol. The maximum absolute atomic E-state index is 12.6. The van der Waals surface area contributed by atoms with Crippen LogP contribution in [0.5, 0.6) is 0 Å². The van der Waals surface area contributed by atoms with Crippen molar-refractivity contribution in [1.29, 1.82) is 0 Å². The van der Waals surface area contributed by atoms with Gasteiger partial charge in [0, 0.05) is 17.6 Å². The molecule has 0 atom stereocenters. The smallest absolute Gasteiger partial charge is 0.338 e. The highest BCUT2D eigenvalue weighted by Crippen LogP contribution is 2.20. The van der Waals surface area contributed by atoms with Crippen molar-refractivity contribution in [3.8, 4) is 0 Å². The number of pyridine rings is 1. The number of hydrogen-bond acceptors (Lipinski definition) is 5. The summed E-state index contributed by atoms with van der Waals surface area (Å²) in [6.45, 7) is 6.07. The first-order chi connectivity index (χ1) is 14.0. The van der Waals surface area contributed by atoms with Crippen LogP contribution in [0.1, 0.15) is 38.8 Å². The molecule has 2 N–H and O–H groups in total. The minimum absolute atomic E-state index is 0.231. The van der Waals surface area contributed by atoms with E-state index in [9.17, 15) is 9.59 Å². The monoisotopic (exact) mass is 389 g/mol. The molecule has 1 aromatic heterocycles. The topological polar surface area (TPSA) is 80.3 Å². The van der Waals surface area contributed by atoms with Crippen LogP contribution in [0.2, 0.25) is 0 Å². The van der Waals surface area contributed by atoms with Crippen LogP contribution in [0.3, 0.4) is 0 Å². The van der Waals surface area contributed by atoms with Crippen molar-refractivity contribution in [2.45, 2.75) is 20.8 Å². The van der Waals surface area contributed by atoms with E-state index in [4.69, 9.17) is 4.74 Å². The number of anilines is 3. The first-order valence-electron chi connectivity index (χ1n) is 9.34. The molecule has 0 radical (unpaired) electrons. The van der Waals surface area contributed by atoms with Gasteiger partial charge in [0.15, 0.2) is 0 Å². The number of carbonyl (C=O) groups excluding carboxylic acids is 2. The van der Waals surface area contributed by atoms with Crippen LogP contribution in [0.15, 0.2) is 60.9 Å². The van der Waals surface area contributed by atoms with E-state index in [-0.39, 0.29) is 11.9 Å². The second-order valence-electron chi connectivity index (χ2n) is 6.66. The normalized spacial score (nSPS) is 10.3. The lowest BCUT2D eigenvalue weighted by Gasteiger charge is -2.11. The van der Waals surface area contributed by atoms with Crippen molar-refractivity contribution in [2.24, 2.45) is 0 Å². The van der Waals surface area contributed by atoms with Crippen molar-refractivity contribution < 1.29 is 14.3 Å². The number of nitrogens with zero attached hydrogens (tertiary/aromatic N) is 1. The Morgan fingerprint density at radius 1 is 0.931 bits per heavy atom. The molecule has 148 valence electrons. The summed E-state index contributed by atoms with van der Waals surface area (Å²) in [5.41, 5.74) is 5.28. The second-order valence-corrected chi connectivity index (χ2v) is 6.66. The molecule has 2 aromatic carbocycles. The number of amides is 1. The quantitative estimate of drug-likeness (QED) is 0.588. The lowest BCUT2D eigenvalue weighted by Crippen LogP contribution is -2.13. The Bertz CT molecular complexity index is 1030. The standard InChI is InChI=1S/C23H23N3O3/c1-4-29-23(28)17-6-8-19(9-7-17)25-20-12-18(13-24-14-20)22(27)26-21-10-5-15(2)11-16(21)3/h5-14,25H,4H2,1-3H3,(H,26,27). The molecular formula is C23H23N3O3. The van der Waals surface area contributed by atoms with Gasteiger partial charge in [-0.25, -0.2) is 4.79 Å². The van der Waals surface area contributed by atoms with Crippen LogP contribution in [0.25, 0.3) is 0 Å². The molecule has 0 aliphatic heterocycles. The van der Waals surface area contributed by atoms with Gasteiger partial charge >= 0.3 is 5.97 Å². The molecule has 1 amide bonds. The molecule has 0 spiro atoms. The molecule has 0 fully saturated rings. The highest BCUT2D eigenvalue weighted by molar-refractivity contribution is 6.05. The summed E-state index contributed by atoms with van der Waals surface area (Å²) in [5, 5.41) is 6.10. The number of ether oxygens (including phenoxy) is 1. The Morgan fingerprint density at radius 2 is 1.69 bits per heavy atom. The van der Waals surface area contributed by atoms with Crippen LogP contribution >= 0.6 is 0 Å². The van der Waals surface area contributed by atoms with Gasteiger partial charge in [-0.05, 0) is 62.7 Å². The fourth-order valence-electron chi connectivity index (χ4n) is 2.85. The molecule has 0 bridgehead atoms. The van der Waals surface area contributed by atoms with Gasteiger partial charge in [0.2, 0.25) is 0 Å². The maximum Gasteiger partial charge on any atom is 0.338 e. The van der Waals surface area contributed by atoms with Crippen LogP contribution in [-0.2, 0) is 4.74 Å². The zero-order valence-electron chi connectivity index (χ0n) is 16.7. The second kappa shape index (κ2) is 9.01. The third kappa shape index (κ3) is 5.19. The van der Waals surface area contributed by atoms with Gasteiger partial charge in [0.25, 0.3) is 5.91 Å². The predicted molar refractivity (Wildman–Crippen MR) is 114 cm³/mol. The third-order valence-electron chi connectivity index (χ3n) is 4.32. The molecule has 0 aliphatic rings. The van der Waals surface area contributed by atoms with E-state index in [1.165, 1.54) is 6.20 Å². The molecule has 3 rings (SSSR count). The van der Waals surface area contributed by atoms with Gasteiger partial charge < -0.3 is 15.4 Å². The number of carbonyl (C=O) groups is 2. The van der Waals surface area contributed by atoms with Crippen molar-refractivity contribution in [3.63, 3.8) is 0 Å². The van der Waals surface area contributed by atoms with Gasteiger partial charge in [-0.1, -0.05) is 17.7 Å². The number of aromatic nitrogens is 1. The van der Waals surface area contributed by atoms with Gasteiger partial charge in [-0.3, -0.25) is 9.78 Å². The average Bonchev–Trinajstić information content (AvgIpc) is 2.71. The molecule has 3 aromatic rings. The van der Waals surface area contributed by atoms with Crippen molar-refractivity contribution in [3.05, 3.63) is 83.2 Å². The first-order valence-corrected chi connectivity index (χ1v) is 9.34. The number of rotatable bonds is 6. The molecule has 29 heavy (non-hydrogen) atoms. The van der Waals surface area contributed by atoms with Gasteiger partial charge in [0.1, 0.15) is 0 Å². The maximum atomic E-state index is 12.6. The average molecular weight is 389 g/mol. The largest absolute Gasteiger partial charge is 0.462 e. The van der Waals surface area contributed by atoms with Crippen LogP contribution in [0, 0.1) is 13.8 Å². The molecule has 6 nitrogen and oxygen atoms in total. The van der Waals surface area contributed by atoms with E-state index in [0.717, 1.165) is 22.5 Å². The molecule has 1 heterocycles. The van der Waals surface area contributed by atoms with E-state index in [1.54, 1.807) is 43.5 Å². The Morgan fingerprint density at radius 3 is 2.38 bits per heavy atom. The van der Waals surface area contributed by atoms with E-state index < -0.39 is 0 Å². The Hall–Kier alpha value is -3.67. The summed E-state index contributed by atoms with van der Waals surface area (Å²) < 4.78 is 4.98. The zero-order valence-corrected chi connectivity index (χ0v) is 16.7. The molecule has 0 saturated heterocycles. The highest BCUT2D eigenvalue weighted by Gasteiger charge is 2.10. The van der Waals surface area contributed by atoms with E-state index >= 15 is 0 Å². The Labute approximate surface area is 169 Å². The number of aryl methyl sites for hydroxylation is 2. The van der Waals surface area contributed by atoms with E-state index in [2.05, 4.69) is 15.6 Å². The number of benzene rings is 2. The van der Waals surface area contributed by atoms with E-state index in [0.29, 0.717) is 23.4 Å². The summed E-state index contributed by atoms with van der Waals surface area (Å²) in [6.07, 6.45) is 3.15. The van der Waals surface area contributed by atoms with Gasteiger partial charge in [-0.2, -0.15) is 0 Å². The Balaban J connectivity index is 1.70. The highest BCUT2D eigenvalue weighted by atomic mass is 16.5. The van der Waals surface area contributed by atoms with Gasteiger partial charge in [0.05, 0.1) is 29.6 Å².